The van der Waals surface area contributed by atoms with Crippen molar-refractivity contribution < 1.29 is 4.74 Å². The predicted molar refractivity (Wildman–Crippen MR) is 84.1 cm³/mol. The van der Waals surface area contributed by atoms with E-state index in [9.17, 15) is 0 Å². The lowest BCUT2D eigenvalue weighted by Crippen LogP contribution is -1.98. The highest BCUT2D eigenvalue weighted by Crippen LogP contribution is 2.25. The van der Waals surface area contributed by atoms with Gasteiger partial charge in [-0.15, -0.1) is 0 Å². The summed E-state index contributed by atoms with van der Waals surface area (Å²) in [5.41, 5.74) is 4.48. The van der Waals surface area contributed by atoms with Gasteiger partial charge in [0.15, 0.2) is 5.65 Å². The van der Waals surface area contributed by atoms with Crippen LogP contribution in [-0.4, -0.2) is 21.2 Å². The first-order valence-electron chi connectivity index (χ1n) is 6.86. The van der Waals surface area contributed by atoms with E-state index in [0.29, 0.717) is 11.8 Å². The van der Waals surface area contributed by atoms with Gasteiger partial charge in [0.1, 0.15) is 10.9 Å². The molecule has 5 heteroatoms. The van der Waals surface area contributed by atoms with Crippen LogP contribution in [0.5, 0.6) is 5.75 Å². The number of rotatable bonds is 3. The minimum Gasteiger partial charge on any atom is -0.494 e. The van der Waals surface area contributed by atoms with E-state index in [4.69, 9.17) is 16.3 Å². The van der Waals surface area contributed by atoms with E-state index in [1.54, 1.807) is 4.52 Å². The van der Waals surface area contributed by atoms with Crippen LogP contribution in [-0.2, 0) is 0 Å². The number of nitrogens with zero attached hydrogens (tertiary/aromatic N) is 3. The summed E-state index contributed by atoms with van der Waals surface area (Å²) in [4.78, 5) is 4.52. The van der Waals surface area contributed by atoms with E-state index in [1.807, 2.05) is 51.1 Å². The van der Waals surface area contributed by atoms with Crippen molar-refractivity contribution in [2.24, 2.45) is 0 Å². The molecule has 0 bridgehead atoms. The summed E-state index contributed by atoms with van der Waals surface area (Å²) in [7, 11) is 0. The third kappa shape index (κ3) is 2.47. The molecule has 0 fully saturated rings. The van der Waals surface area contributed by atoms with Crippen LogP contribution in [0.2, 0.25) is 5.15 Å². The van der Waals surface area contributed by atoms with Crippen LogP contribution in [0.4, 0.5) is 0 Å². The maximum absolute atomic E-state index is 6.34. The molecule has 3 aromatic rings. The zero-order valence-corrected chi connectivity index (χ0v) is 13.0. The second kappa shape index (κ2) is 5.37. The van der Waals surface area contributed by atoms with E-state index >= 15 is 0 Å². The van der Waals surface area contributed by atoms with E-state index in [1.165, 1.54) is 0 Å². The minimum atomic E-state index is 0.606. The van der Waals surface area contributed by atoms with Crippen LogP contribution in [0.3, 0.4) is 0 Å². The van der Waals surface area contributed by atoms with Crippen molar-refractivity contribution >= 4 is 17.2 Å². The highest BCUT2D eigenvalue weighted by molar-refractivity contribution is 6.30. The molecule has 0 N–H and O–H groups in total. The van der Waals surface area contributed by atoms with Crippen LogP contribution in [0.25, 0.3) is 16.9 Å². The Hall–Kier alpha value is -2.07. The third-order valence-corrected chi connectivity index (χ3v) is 3.92. The second-order valence-electron chi connectivity index (χ2n) is 4.87. The summed E-state index contributed by atoms with van der Waals surface area (Å²) in [6.07, 6.45) is 0. The quantitative estimate of drug-likeness (QED) is 0.685. The van der Waals surface area contributed by atoms with Crippen molar-refractivity contribution in [2.45, 2.75) is 20.8 Å². The SMILES string of the molecule is CCOc1ccc(-c2cc3nc(C)c(C)c(Cl)n3n2)cc1. The van der Waals surface area contributed by atoms with Gasteiger partial charge in [-0.05, 0) is 45.0 Å². The summed E-state index contributed by atoms with van der Waals surface area (Å²) in [5, 5.41) is 5.15. The maximum Gasteiger partial charge on any atom is 0.157 e. The Morgan fingerprint density at radius 3 is 2.57 bits per heavy atom. The van der Waals surface area contributed by atoms with Gasteiger partial charge in [0.05, 0.1) is 12.3 Å². The first-order valence-corrected chi connectivity index (χ1v) is 7.23. The molecule has 3 rings (SSSR count). The predicted octanol–water partition coefficient (Wildman–Crippen LogP) is 4.07. The van der Waals surface area contributed by atoms with Crippen LogP contribution >= 0.6 is 11.6 Å². The first kappa shape index (κ1) is 13.9. The molecule has 0 unspecified atom stereocenters. The fourth-order valence-electron chi connectivity index (χ4n) is 2.19. The largest absolute Gasteiger partial charge is 0.494 e. The molecule has 0 radical (unpaired) electrons. The molecule has 0 aliphatic rings. The number of fused-ring (bicyclic) bond motifs is 1. The van der Waals surface area contributed by atoms with Crippen LogP contribution in [0, 0.1) is 13.8 Å². The normalized spacial score (nSPS) is 11.0. The molecule has 0 atom stereocenters. The van der Waals surface area contributed by atoms with Gasteiger partial charge in [-0.2, -0.15) is 5.10 Å². The number of hydrogen-bond acceptors (Lipinski definition) is 3. The molecule has 108 valence electrons. The van der Waals surface area contributed by atoms with Gasteiger partial charge in [0, 0.05) is 22.9 Å². The van der Waals surface area contributed by atoms with Crippen molar-refractivity contribution in [3.05, 3.63) is 46.7 Å². The van der Waals surface area contributed by atoms with Gasteiger partial charge < -0.3 is 4.74 Å². The zero-order valence-electron chi connectivity index (χ0n) is 12.2. The van der Waals surface area contributed by atoms with Crippen molar-refractivity contribution in [1.82, 2.24) is 14.6 Å². The molecule has 0 aliphatic carbocycles. The molecule has 2 heterocycles. The molecule has 4 nitrogen and oxygen atoms in total. The van der Waals surface area contributed by atoms with E-state index in [-0.39, 0.29) is 0 Å². The fraction of sp³-hybridized carbons (Fsp3) is 0.250. The molecule has 21 heavy (non-hydrogen) atoms. The smallest absolute Gasteiger partial charge is 0.157 e. The molecular weight excluding hydrogens is 286 g/mol. The third-order valence-electron chi connectivity index (χ3n) is 3.47. The van der Waals surface area contributed by atoms with Crippen molar-refractivity contribution in [1.29, 1.82) is 0 Å². The van der Waals surface area contributed by atoms with E-state index in [2.05, 4.69) is 10.1 Å². The van der Waals surface area contributed by atoms with Crippen LogP contribution in [0.1, 0.15) is 18.2 Å². The summed E-state index contributed by atoms with van der Waals surface area (Å²) in [6, 6.07) is 9.79. The summed E-state index contributed by atoms with van der Waals surface area (Å²) in [5.74, 6) is 0.855. The summed E-state index contributed by atoms with van der Waals surface area (Å²) < 4.78 is 7.12. The number of benzene rings is 1. The molecule has 0 saturated carbocycles. The molecular formula is C16H16ClN3O. The molecule has 0 aliphatic heterocycles. The van der Waals surface area contributed by atoms with Gasteiger partial charge in [0.25, 0.3) is 0 Å². The molecule has 0 spiro atoms. The minimum absolute atomic E-state index is 0.606. The second-order valence-corrected chi connectivity index (χ2v) is 5.23. The standard InChI is InChI=1S/C16H16ClN3O/c1-4-21-13-7-5-12(6-8-13)14-9-15-18-11(3)10(2)16(17)20(15)19-14/h5-9H,4H2,1-3H3. The fourth-order valence-corrected chi connectivity index (χ4v) is 2.45. The lowest BCUT2D eigenvalue weighted by Gasteiger charge is -2.04. The van der Waals surface area contributed by atoms with Crippen LogP contribution in [0.15, 0.2) is 30.3 Å². The number of halogens is 1. The maximum atomic E-state index is 6.34. The monoisotopic (exact) mass is 301 g/mol. The van der Waals surface area contributed by atoms with Gasteiger partial charge >= 0.3 is 0 Å². The number of hydrogen-bond donors (Lipinski definition) is 0. The topological polar surface area (TPSA) is 39.4 Å². The Morgan fingerprint density at radius 2 is 1.90 bits per heavy atom. The number of aryl methyl sites for hydroxylation is 1. The van der Waals surface area contributed by atoms with Gasteiger partial charge in [0.2, 0.25) is 0 Å². The molecule has 1 aromatic carbocycles. The van der Waals surface area contributed by atoms with E-state index < -0.39 is 0 Å². The molecule has 2 aromatic heterocycles. The molecule has 0 saturated heterocycles. The molecule has 0 amide bonds. The average molecular weight is 302 g/mol. The summed E-state index contributed by atoms with van der Waals surface area (Å²) in [6.45, 7) is 6.52. The van der Waals surface area contributed by atoms with Crippen molar-refractivity contribution in [3.63, 3.8) is 0 Å². The Morgan fingerprint density at radius 1 is 1.19 bits per heavy atom. The van der Waals surface area contributed by atoms with Crippen molar-refractivity contribution in [2.75, 3.05) is 6.61 Å². The Labute approximate surface area is 128 Å². The zero-order chi connectivity index (χ0) is 15.0. The number of aromatic nitrogens is 3. The lowest BCUT2D eigenvalue weighted by molar-refractivity contribution is 0.340. The van der Waals surface area contributed by atoms with Gasteiger partial charge in [-0.25, -0.2) is 9.50 Å². The first-order chi connectivity index (χ1) is 10.1. The number of ether oxygens (including phenoxy) is 1. The van der Waals surface area contributed by atoms with E-state index in [0.717, 1.165) is 33.9 Å². The van der Waals surface area contributed by atoms with Gasteiger partial charge in [-0.3, -0.25) is 0 Å². The Balaban J connectivity index is 2.06. The summed E-state index contributed by atoms with van der Waals surface area (Å²) >= 11 is 6.34. The highest BCUT2D eigenvalue weighted by Gasteiger charge is 2.11. The van der Waals surface area contributed by atoms with Crippen LogP contribution < -0.4 is 4.74 Å². The average Bonchev–Trinajstić information content (AvgIpc) is 2.90. The Bertz CT molecular complexity index is 793. The lowest BCUT2D eigenvalue weighted by atomic mass is 10.1. The van der Waals surface area contributed by atoms with Gasteiger partial charge in [-0.1, -0.05) is 11.6 Å². The van der Waals surface area contributed by atoms with Crippen molar-refractivity contribution in [3.8, 4) is 17.0 Å². The highest BCUT2D eigenvalue weighted by atomic mass is 35.5. The Kier molecular flexibility index (Phi) is 3.55.